The molecule has 0 bridgehead atoms. The Balaban J connectivity index is 1.40. The number of hydrogen-bond donors (Lipinski definition) is 2. The fourth-order valence-electron chi connectivity index (χ4n) is 2.55. The molecule has 0 aliphatic heterocycles. The summed E-state index contributed by atoms with van der Waals surface area (Å²) in [7, 11) is 0. The highest BCUT2D eigenvalue weighted by molar-refractivity contribution is 8.00. The van der Waals surface area contributed by atoms with Gasteiger partial charge in [-0.3, -0.25) is 4.79 Å². The maximum Gasteiger partial charge on any atom is 0.255 e. The normalized spacial score (nSPS) is 10.5. The Morgan fingerprint density at radius 3 is 2.52 bits per heavy atom. The van der Waals surface area contributed by atoms with Crippen molar-refractivity contribution in [1.29, 1.82) is 0 Å². The quantitative estimate of drug-likeness (QED) is 0.483. The highest BCUT2D eigenvalue weighted by Gasteiger charge is 2.08. The molecule has 1 aromatic heterocycles. The first-order valence-electron chi connectivity index (χ1n) is 8.37. The molecule has 1 heterocycles. The predicted molar refractivity (Wildman–Crippen MR) is 110 cm³/mol. The van der Waals surface area contributed by atoms with Crippen molar-refractivity contribution in [2.45, 2.75) is 4.90 Å². The van der Waals surface area contributed by atoms with Crippen LogP contribution in [0.1, 0.15) is 10.4 Å². The second kappa shape index (κ2) is 7.88. The van der Waals surface area contributed by atoms with Gasteiger partial charge in [-0.15, -0.1) is 0 Å². The molecule has 2 N–H and O–H groups in total. The summed E-state index contributed by atoms with van der Waals surface area (Å²) in [6, 6.07) is 23.1. The van der Waals surface area contributed by atoms with Gasteiger partial charge in [0.1, 0.15) is 6.33 Å². The van der Waals surface area contributed by atoms with Crippen molar-refractivity contribution in [1.82, 2.24) is 9.97 Å². The van der Waals surface area contributed by atoms with E-state index in [4.69, 9.17) is 0 Å². The number of carbonyl (C=O) groups excluding carboxylic acids is 1. The maximum atomic E-state index is 12.5. The minimum absolute atomic E-state index is 0.168. The first-order chi connectivity index (χ1) is 13.3. The van der Waals surface area contributed by atoms with E-state index in [9.17, 15) is 4.79 Å². The highest BCUT2D eigenvalue weighted by Crippen LogP contribution is 2.23. The summed E-state index contributed by atoms with van der Waals surface area (Å²) in [5.74, 6) is -0.168. The van der Waals surface area contributed by atoms with Crippen LogP contribution in [0.3, 0.4) is 0 Å². The van der Waals surface area contributed by atoms with Crippen molar-refractivity contribution in [3.63, 3.8) is 0 Å². The second-order valence-electron chi connectivity index (χ2n) is 5.84. The lowest BCUT2D eigenvalue weighted by molar-refractivity contribution is 0.102. The minimum atomic E-state index is -0.168. The average molecular weight is 372 g/mol. The molecule has 0 fully saturated rings. The number of aromatic nitrogens is 2. The molecule has 0 saturated heterocycles. The SMILES string of the molecule is O=C(Nc1ccc(SNc2ccccc2)cc1)c1ccc2cncnc2c1. The summed E-state index contributed by atoms with van der Waals surface area (Å²) in [6.45, 7) is 0. The molecule has 0 spiro atoms. The summed E-state index contributed by atoms with van der Waals surface area (Å²) in [4.78, 5) is 21.7. The number of nitrogens with one attached hydrogen (secondary N) is 2. The molecule has 132 valence electrons. The lowest BCUT2D eigenvalue weighted by atomic mass is 10.1. The van der Waals surface area contributed by atoms with Gasteiger partial charge >= 0.3 is 0 Å². The highest BCUT2D eigenvalue weighted by atomic mass is 32.2. The Morgan fingerprint density at radius 2 is 1.70 bits per heavy atom. The van der Waals surface area contributed by atoms with Crippen LogP contribution in [0, 0.1) is 0 Å². The third-order valence-corrected chi connectivity index (χ3v) is 4.79. The van der Waals surface area contributed by atoms with Gasteiger partial charge in [-0.05, 0) is 60.5 Å². The van der Waals surface area contributed by atoms with Gasteiger partial charge in [0.25, 0.3) is 5.91 Å². The molecule has 0 aliphatic rings. The van der Waals surface area contributed by atoms with E-state index in [1.165, 1.54) is 18.3 Å². The lowest BCUT2D eigenvalue weighted by Gasteiger charge is -2.08. The van der Waals surface area contributed by atoms with E-state index in [1.807, 2.05) is 60.7 Å². The molecular formula is C21H16N4OS. The fraction of sp³-hybridized carbons (Fsp3) is 0. The van der Waals surface area contributed by atoms with E-state index in [0.29, 0.717) is 5.56 Å². The van der Waals surface area contributed by atoms with Crippen LogP contribution < -0.4 is 10.0 Å². The molecule has 6 heteroatoms. The lowest BCUT2D eigenvalue weighted by Crippen LogP contribution is -2.11. The molecule has 4 rings (SSSR count). The van der Waals surface area contributed by atoms with Crippen molar-refractivity contribution in [3.8, 4) is 0 Å². The zero-order valence-electron chi connectivity index (χ0n) is 14.3. The van der Waals surface area contributed by atoms with Gasteiger partial charge < -0.3 is 10.0 Å². The standard InChI is InChI=1S/C21H16N4OS/c26-21(15-6-7-16-13-22-14-23-20(16)12-15)24-17-8-10-19(11-9-17)27-25-18-4-2-1-3-5-18/h1-14,25H,(H,24,26). The van der Waals surface area contributed by atoms with Crippen molar-refractivity contribution in [3.05, 3.63) is 90.9 Å². The largest absolute Gasteiger partial charge is 0.326 e. The number of anilines is 2. The summed E-state index contributed by atoms with van der Waals surface area (Å²) in [5, 5.41) is 3.82. The van der Waals surface area contributed by atoms with Crippen molar-refractivity contribution < 1.29 is 4.79 Å². The summed E-state index contributed by atoms with van der Waals surface area (Å²) in [6.07, 6.45) is 3.20. The Morgan fingerprint density at radius 1 is 0.889 bits per heavy atom. The second-order valence-corrected chi connectivity index (χ2v) is 6.72. The number of amides is 1. The summed E-state index contributed by atoms with van der Waals surface area (Å²) < 4.78 is 3.28. The van der Waals surface area contributed by atoms with Crippen molar-refractivity contribution >= 4 is 40.1 Å². The van der Waals surface area contributed by atoms with E-state index in [0.717, 1.165) is 27.2 Å². The van der Waals surface area contributed by atoms with Crippen LogP contribution in [0.15, 0.2) is 90.2 Å². The fourth-order valence-corrected chi connectivity index (χ4v) is 3.19. The minimum Gasteiger partial charge on any atom is -0.326 e. The van der Waals surface area contributed by atoms with Crippen LogP contribution in [0.2, 0.25) is 0 Å². The molecule has 1 amide bonds. The molecule has 3 aromatic carbocycles. The molecule has 4 aromatic rings. The molecule has 0 radical (unpaired) electrons. The third-order valence-electron chi connectivity index (χ3n) is 3.94. The van der Waals surface area contributed by atoms with Gasteiger partial charge in [-0.25, -0.2) is 9.97 Å². The van der Waals surface area contributed by atoms with E-state index >= 15 is 0 Å². The van der Waals surface area contributed by atoms with Gasteiger partial charge in [0.05, 0.1) is 5.52 Å². The average Bonchev–Trinajstić information content (AvgIpc) is 2.73. The first kappa shape index (κ1) is 17.1. The summed E-state index contributed by atoms with van der Waals surface area (Å²) in [5.41, 5.74) is 3.09. The Kier molecular flexibility index (Phi) is 4.98. The number of nitrogens with zero attached hydrogens (tertiary/aromatic N) is 2. The van der Waals surface area contributed by atoms with Crippen LogP contribution in [-0.2, 0) is 0 Å². The Labute approximate surface area is 161 Å². The van der Waals surface area contributed by atoms with E-state index in [-0.39, 0.29) is 5.91 Å². The molecule has 27 heavy (non-hydrogen) atoms. The Bertz CT molecular complexity index is 1070. The van der Waals surface area contributed by atoms with Gasteiger partial charge in [0, 0.05) is 33.4 Å². The van der Waals surface area contributed by atoms with E-state index < -0.39 is 0 Å². The zero-order chi connectivity index (χ0) is 18.5. The van der Waals surface area contributed by atoms with Crippen LogP contribution in [0.5, 0.6) is 0 Å². The number of benzene rings is 3. The monoisotopic (exact) mass is 372 g/mol. The molecule has 0 aliphatic carbocycles. The van der Waals surface area contributed by atoms with E-state index in [2.05, 4.69) is 20.0 Å². The molecule has 0 unspecified atom stereocenters. The maximum absolute atomic E-state index is 12.5. The molecule has 0 saturated carbocycles. The van der Waals surface area contributed by atoms with Gasteiger partial charge in [-0.1, -0.05) is 24.3 Å². The zero-order valence-corrected chi connectivity index (χ0v) is 15.1. The van der Waals surface area contributed by atoms with Gasteiger partial charge in [0.2, 0.25) is 0 Å². The first-order valence-corrected chi connectivity index (χ1v) is 9.19. The van der Waals surface area contributed by atoms with Gasteiger partial charge in [-0.2, -0.15) is 0 Å². The molecular weight excluding hydrogens is 356 g/mol. The van der Waals surface area contributed by atoms with Crippen LogP contribution in [-0.4, -0.2) is 15.9 Å². The number of para-hydroxylation sites is 1. The van der Waals surface area contributed by atoms with Crippen LogP contribution in [0.4, 0.5) is 11.4 Å². The number of fused-ring (bicyclic) bond motifs is 1. The van der Waals surface area contributed by atoms with Crippen LogP contribution in [0.25, 0.3) is 10.9 Å². The molecule has 0 atom stereocenters. The topological polar surface area (TPSA) is 66.9 Å². The van der Waals surface area contributed by atoms with E-state index in [1.54, 1.807) is 18.3 Å². The van der Waals surface area contributed by atoms with Crippen LogP contribution >= 0.6 is 11.9 Å². The van der Waals surface area contributed by atoms with Crippen molar-refractivity contribution in [2.75, 3.05) is 10.0 Å². The number of hydrogen-bond acceptors (Lipinski definition) is 5. The number of rotatable bonds is 5. The van der Waals surface area contributed by atoms with Crippen molar-refractivity contribution in [2.24, 2.45) is 0 Å². The van der Waals surface area contributed by atoms with Gasteiger partial charge in [0.15, 0.2) is 0 Å². The third kappa shape index (κ3) is 4.24. The Hall–Kier alpha value is -3.38. The summed E-state index contributed by atoms with van der Waals surface area (Å²) >= 11 is 1.52. The smallest absolute Gasteiger partial charge is 0.255 e. The number of carbonyl (C=O) groups is 1. The predicted octanol–water partition coefficient (Wildman–Crippen LogP) is 5.00. The molecule has 5 nitrogen and oxygen atoms in total.